The van der Waals surface area contributed by atoms with Gasteiger partial charge in [0.2, 0.25) is 5.91 Å². The van der Waals surface area contributed by atoms with Gasteiger partial charge in [0.15, 0.2) is 15.5 Å². The third kappa shape index (κ3) is 3.53. The molecule has 2 saturated heterocycles. The minimum absolute atomic E-state index is 0.0834. The first-order valence-electron chi connectivity index (χ1n) is 8.64. The topological polar surface area (TPSA) is 108 Å². The summed E-state index contributed by atoms with van der Waals surface area (Å²) in [6, 6.07) is 1.72. The summed E-state index contributed by atoms with van der Waals surface area (Å²) in [5, 5.41) is 9.90. The number of rotatable bonds is 3. The van der Waals surface area contributed by atoms with Gasteiger partial charge in [0.1, 0.15) is 5.75 Å². The number of hydrogen-bond donors (Lipinski definition) is 1. The fourth-order valence-corrected chi connectivity index (χ4v) is 5.66. The fourth-order valence-electron chi connectivity index (χ4n) is 3.68. The molecule has 2 atom stereocenters. The third-order valence-electron chi connectivity index (χ3n) is 4.83. The van der Waals surface area contributed by atoms with E-state index in [0.29, 0.717) is 6.42 Å². The van der Waals surface area contributed by atoms with E-state index in [-0.39, 0.29) is 47.9 Å². The van der Waals surface area contributed by atoms with Crippen LogP contribution in [0.25, 0.3) is 0 Å². The van der Waals surface area contributed by atoms with E-state index in [1.54, 1.807) is 4.90 Å². The first-order valence-corrected chi connectivity index (χ1v) is 10.5. The van der Waals surface area contributed by atoms with Crippen molar-refractivity contribution in [3.8, 4) is 5.75 Å². The molecule has 26 heavy (non-hydrogen) atoms. The molecule has 8 nitrogen and oxygen atoms in total. The van der Waals surface area contributed by atoms with Crippen LogP contribution in [0, 0.1) is 5.92 Å². The Morgan fingerprint density at radius 1 is 1.23 bits per heavy atom. The van der Waals surface area contributed by atoms with E-state index in [1.807, 2.05) is 13.8 Å². The minimum atomic E-state index is -3.35. The lowest BCUT2D eigenvalue weighted by atomic mass is 10.0. The van der Waals surface area contributed by atoms with Gasteiger partial charge >= 0.3 is 0 Å². The molecule has 2 unspecified atom stereocenters. The van der Waals surface area contributed by atoms with Crippen LogP contribution < -0.4 is 0 Å². The van der Waals surface area contributed by atoms with Gasteiger partial charge in [-0.2, -0.15) is 0 Å². The highest BCUT2D eigenvalue weighted by Gasteiger charge is 2.49. The van der Waals surface area contributed by atoms with Crippen molar-refractivity contribution in [3.05, 3.63) is 24.0 Å². The predicted octanol–water partition coefficient (Wildman–Crippen LogP) is 0.283. The third-order valence-corrected chi connectivity index (χ3v) is 6.53. The van der Waals surface area contributed by atoms with Crippen LogP contribution in [0.2, 0.25) is 0 Å². The maximum absolute atomic E-state index is 12.8. The van der Waals surface area contributed by atoms with E-state index in [2.05, 4.69) is 4.98 Å². The van der Waals surface area contributed by atoms with Crippen molar-refractivity contribution in [2.45, 2.75) is 32.4 Å². The Labute approximate surface area is 152 Å². The van der Waals surface area contributed by atoms with Crippen molar-refractivity contribution in [2.75, 3.05) is 24.6 Å². The Morgan fingerprint density at radius 3 is 2.46 bits per heavy atom. The highest BCUT2D eigenvalue weighted by molar-refractivity contribution is 7.91. The molecule has 2 aliphatic rings. The number of sulfone groups is 1. The number of nitrogens with zero attached hydrogens (tertiary/aromatic N) is 3. The van der Waals surface area contributed by atoms with Gasteiger partial charge in [-0.3, -0.25) is 9.59 Å². The summed E-state index contributed by atoms with van der Waals surface area (Å²) in [5.41, 5.74) is -0.0995. The molecule has 9 heteroatoms. The van der Waals surface area contributed by atoms with Gasteiger partial charge in [-0.25, -0.2) is 13.4 Å². The van der Waals surface area contributed by atoms with Crippen molar-refractivity contribution in [1.82, 2.24) is 14.8 Å². The van der Waals surface area contributed by atoms with Crippen LogP contribution >= 0.6 is 0 Å². The summed E-state index contributed by atoms with van der Waals surface area (Å²) >= 11 is 0. The summed E-state index contributed by atoms with van der Waals surface area (Å²) in [4.78, 5) is 32.3. The quantitative estimate of drug-likeness (QED) is 0.806. The maximum atomic E-state index is 12.8. The Hall–Kier alpha value is -2.16. The lowest BCUT2D eigenvalue weighted by Gasteiger charge is -2.44. The number of pyridine rings is 1. The molecule has 0 saturated carbocycles. The molecular weight excluding hydrogens is 358 g/mol. The molecule has 3 rings (SSSR count). The van der Waals surface area contributed by atoms with E-state index in [4.69, 9.17) is 0 Å². The van der Waals surface area contributed by atoms with Gasteiger partial charge < -0.3 is 14.9 Å². The van der Waals surface area contributed by atoms with Crippen LogP contribution in [-0.4, -0.2) is 76.8 Å². The van der Waals surface area contributed by atoms with Gasteiger partial charge in [0.25, 0.3) is 5.91 Å². The van der Waals surface area contributed by atoms with Gasteiger partial charge in [-0.05, 0) is 18.1 Å². The van der Waals surface area contributed by atoms with E-state index >= 15 is 0 Å². The van der Waals surface area contributed by atoms with Crippen LogP contribution in [0.4, 0.5) is 0 Å². The molecule has 1 aromatic heterocycles. The molecular formula is C17H23N3O5S. The lowest BCUT2D eigenvalue weighted by Crippen LogP contribution is -2.62. The fraction of sp³-hybridized carbons (Fsp3) is 0.588. The smallest absolute Gasteiger partial charge is 0.276 e. The molecule has 0 bridgehead atoms. The summed E-state index contributed by atoms with van der Waals surface area (Å²) in [7, 11) is -3.35. The second kappa shape index (κ2) is 6.86. The Bertz CT molecular complexity index is 823. The van der Waals surface area contributed by atoms with Crippen molar-refractivity contribution >= 4 is 21.7 Å². The normalized spacial score (nSPS) is 24.6. The number of fused-ring (bicyclic) bond motifs is 1. The number of aromatic hydroxyl groups is 1. The minimum Gasteiger partial charge on any atom is -0.505 e. The van der Waals surface area contributed by atoms with Gasteiger partial charge in [-0.15, -0.1) is 0 Å². The Morgan fingerprint density at radius 2 is 1.85 bits per heavy atom. The predicted molar refractivity (Wildman–Crippen MR) is 94.3 cm³/mol. The van der Waals surface area contributed by atoms with Crippen LogP contribution in [0.5, 0.6) is 5.75 Å². The summed E-state index contributed by atoms with van der Waals surface area (Å²) < 4.78 is 24.4. The molecule has 0 aliphatic carbocycles. The number of carbonyl (C=O) groups is 2. The summed E-state index contributed by atoms with van der Waals surface area (Å²) in [5.74, 6) is -0.981. The average molecular weight is 381 g/mol. The van der Waals surface area contributed by atoms with Crippen LogP contribution in [0.15, 0.2) is 18.3 Å². The Balaban J connectivity index is 1.88. The highest BCUT2D eigenvalue weighted by atomic mass is 32.2. The van der Waals surface area contributed by atoms with Crippen molar-refractivity contribution in [1.29, 1.82) is 0 Å². The van der Waals surface area contributed by atoms with E-state index in [9.17, 15) is 23.1 Å². The van der Waals surface area contributed by atoms with E-state index in [1.165, 1.54) is 23.2 Å². The zero-order valence-corrected chi connectivity index (χ0v) is 15.6. The van der Waals surface area contributed by atoms with E-state index in [0.717, 1.165) is 0 Å². The zero-order valence-electron chi connectivity index (χ0n) is 14.8. The lowest BCUT2D eigenvalue weighted by molar-refractivity contribution is -0.137. The first-order chi connectivity index (χ1) is 12.2. The molecule has 1 N–H and O–H groups in total. The zero-order chi connectivity index (χ0) is 19.1. The van der Waals surface area contributed by atoms with Crippen molar-refractivity contribution in [3.63, 3.8) is 0 Å². The summed E-state index contributed by atoms with van der Waals surface area (Å²) in [6.45, 7) is 4.37. The monoisotopic (exact) mass is 381 g/mol. The van der Waals surface area contributed by atoms with Crippen molar-refractivity contribution in [2.24, 2.45) is 5.92 Å². The maximum Gasteiger partial charge on any atom is 0.276 e. The molecule has 0 spiro atoms. The SMILES string of the molecule is CC(C)CC(=O)N1CCN(C(=O)c2ncccc2O)C2CS(=O)(=O)CC21. The number of hydrogen-bond acceptors (Lipinski definition) is 6. The molecule has 1 aromatic rings. The second-order valence-corrected chi connectivity index (χ2v) is 9.42. The molecule has 2 aliphatic heterocycles. The summed E-state index contributed by atoms with van der Waals surface area (Å²) in [6.07, 6.45) is 1.75. The van der Waals surface area contributed by atoms with Crippen LogP contribution in [0.3, 0.4) is 0 Å². The van der Waals surface area contributed by atoms with E-state index < -0.39 is 27.8 Å². The molecule has 2 fully saturated rings. The first kappa shape index (κ1) is 18.6. The standard InChI is InChI=1S/C17H23N3O5S/c1-11(2)8-15(22)19-6-7-20(13-10-26(24,25)9-12(13)19)17(23)16-14(21)4-3-5-18-16/h3-5,11-13,21H,6-10H2,1-2H3. The van der Waals surface area contributed by atoms with Crippen LogP contribution in [-0.2, 0) is 14.6 Å². The number of amides is 2. The molecule has 2 amide bonds. The number of piperazine rings is 1. The van der Waals surface area contributed by atoms with Crippen LogP contribution in [0.1, 0.15) is 30.8 Å². The largest absolute Gasteiger partial charge is 0.505 e. The molecule has 0 radical (unpaired) electrons. The Kier molecular flexibility index (Phi) is 4.92. The van der Waals surface area contributed by atoms with Gasteiger partial charge in [0, 0.05) is 25.7 Å². The average Bonchev–Trinajstić information content (AvgIpc) is 2.87. The second-order valence-electron chi connectivity index (χ2n) is 7.27. The highest BCUT2D eigenvalue weighted by Crippen LogP contribution is 2.30. The molecule has 0 aromatic carbocycles. The molecule has 3 heterocycles. The van der Waals surface area contributed by atoms with Crippen molar-refractivity contribution < 1.29 is 23.1 Å². The molecule has 142 valence electrons. The van der Waals surface area contributed by atoms with Gasteiger partial charge in [-0.1, -0.05) is 13.8 Å². The van der Waals surface area contributed by atoms with Gasteiger partial charge in [0.05, 0.1) is 23.6 Å². The number of aromatic nitrogens is 1. The number of carbonyl (C=O) groups excluding carboxylic acids is 2.